The van der Waals surface area contributed by atoms with E-state index in [-0.39, 0.29) is 12.2 Å². The zero-order chi connectivity index (χ0) is 9.35. The van der Waals surface area contributed by atoms with Crippen LogP contribution < -0.4 is 0 Å². The number of ether oxygens (including phenoxy) is 1. The van der Waals surface area contributed by atoms with Gasteiger partial charge in [-0.1, -0.05) is 0 Å². The Bertz CT molecular complexity index is 186. The average molecular weight is 173 g/mol. The van der Waals surface area contributed by atoms with Crippen molar-refractivity contribution in [3.05, 3.63) is 0 Å². The number of carbonyl (C=O) groups excluding carboxylic acids is 1. The van der Waals surface area contributed by atoms with Crippen molar-refractivity contribution in [3.8, 4) is 0 Å². The first kappa shape index (κ1) is 9.32. The summed E-state index contributed by atoms with van der Waals surface area (Å²) >= 11 is 0. The molecule has 4 heteroatoms. The molecule has 0 unspecified atom stereocenters. The second-order valence-corrected chi connectivity index (χ2v) is 4.36. The van der Waals surface area contributed by atoms with Gasteiger partial charge in [0.2, 0.25) is 0 Å². The van der Waals surface area contributed by atoms with Gasteiger partial charge in [0.05, 0.1) is 27.7 Å². The van der Waals surface area contributed by atoms with Crippen molar-refractivity contribution in [1.29, 1.82) is 0 Å². The third-order valence-corrected chi connectivity index (χ3v) is 1.81. The third-order valence-electron chi connectivity index (χ3n) is 1.81. The van der Waals surface area contributed by atoms with Crippen molar-refractivity contribution in [2.45, 2.75) is 6.10 Å². The minimum absolute atomic E-state index is 0.0579. The fourth-order valence-electron chi connectivity index (χ4n) is 1.36. The van der Waals surface area contributed by atoms with Crippen molar-refractivity contribution < 1.29 is 14.0 Å². The van der Waals surface area contributed by atoms with Crippen LogP contribution in [-0.4, -0.2) is 62.9 Å². The molecule has 0 aliphatic carbocycles. The normalized spacial score (nSPS) is 24.5. The molecule has 12 heavy (non-hydrogen) atoms. The van der Waals surface area contributed by atoms with Gasteiger partial charge in [0.15, 0.2) is 6.10 Å². The van der Waals surface area contributed by atoms with E-state index in [1.165, 1.54) is 0 Å². The molecule has 0 saturated carbocycles. The number of nitrogens with zero attached hydrogens (tertiary/aromatic N) is 2. The van der Waals surface area contributed by atoms with Crippen LogP contribution in [-0.2, 0) is 4.74 Å². The van der Waals surface area contributed by atoms with Crippen LogP contribution in [0.15, 0.2) is 0 Å². The summed E-state index contributed by atoms with van der Waals surface area (Å²) in [6.45, 7) is 1.59. The molecule has 1 heterocycles. The predicted octanol–water partition coefficient (Wildman–Crippen LogP) is 0.143. The lowest BCUT2D eigenvalue weighted by molar-refractivity contribution is -0.873. The highest BCUT2D eigenvalue weighted by Crippen LogP contribution is 2.10. The minimum Gasteiger partial charge on any atom is -0.438 e. The summed E-state index contributed by atoms with van der Waals surface area (Å²) in [5.41, 5.74) is 0. The largest absolute Gasteiger partial charge is 0.438 e. The number of hydrogen-bond acceptors (Lipinski definition) is 2. The molecular weight excluding hydrogens is 156 g/mol. The SMILES string of the molecule is CN1C[C@@H](C[N+](C)(C)C)OC1=O. The number of cyclic esters (lactones) is 1. The Morgan fingerprint density at radius 3 is 2.50 bits per heavy atom. The van der Waals surface area contributed by atoms with Crippen LogP contribution in [0.2, 0.25) is 0 Å². The Morgan fingerprint density at radius 2 is 2.17 bits per heavy atom. The molecular formula is C8H17N2O2+. The van der Waals surface area contributed by atoms with Gasteiger partial charge in [0.25, 0.3) is 0 Å². The quantitative estimate of drug-likeness (QED) is 0.556. The Morgan fingerprint density at radius 1 is 1.58 bits per heavy atom. The van der Waals surface area contributed by atoms with Crippen LogP contribution in [0.3, 0.4) is 0 Å². The van der Waals surface area contributed by atoms with Gasteiger partial charge in [-0.05, 0) is 0 Å². The van der Waals surface area contributed by atoms with Crippen molar-refractivity contribution in [2.75, 3.05) is 41.3 Å². The maximum atomic E-state index is 11.0. The maximum absolute atomic E-state index is 11.0. The summed E-state index contributed by atoms with van der Waals surface area (Å²) in [4.78, 5) is 12.6. The van der Waals surface area contributed by atoms with Crippen molar-refractivity contribution >= 4 is 6.09 Å². The highest BCUT2D eigenvalue weighted by Gasteiger charge is 2.31. The van der Waals surface area contributed by atoms with Gasteiger partial charge in [-0.25, -0.2) is 4.79 Å². The number of hydrogen-bond donors (Lipinski definition) is 0. The number of likely N-dealkylation sites (N-methyl/N-ethyl adjacent to an activating group) is 2. The molecule has 1 atom stereocenters. The summed E-state index contributed by atoms with van der Waals surface area (Å²) in [5, 5.41) is 0. The molecule has 1 aliphatic rings. The van der Waals surface area contributed by atoms with E-state index in [9.17, 15) is 4.79 Å². The van der Waals surface area contributed by atoms with Crippen molar-refractivity contribution in [1.82, 2.24) is 4.90 Å². The van der Waals surface area contributed by atoms with Crippen LogP contribution in [0.1, 0.15) is 0 Å². The van der Waals surface area contributed by atoms with E-state index in [2.05, 4.69) is 21.1 Å². The fourth-order valence-corrected chi connectivity index (χ4v) is 1.36. The summed E-state index contributed by atoms with van der Waals surface area (Å²) in [7, 11) is 8.03. The molecule has 1 rings (SSSR count). The number of quaternary nitrogens is 1. The Labute approximate surface area is 73.3 Å². The van der Waals surface area contributed by atoms with Crippen LogP contribution in [0.25, 0.3) is 0 Å². The zero-order valence-electron chi connectivity index (χ0n) is 8.20. The van der Waals surface area contributed by atoms with E-state index in [0.29, 0.717) is 6.54 Å². The van der Waals surface area contributed by atoms with Gasteiger partial charge < -0.3 is 14.1 Å². The number of amides is 1. The van der Waals surface area contributed by atoms with Crippen molar-refractivity contribution in [3.63, 3.8) is 0 Å². The number of rotatable bonds is 2. The van der Waals surface area contributed by atoms with E-state index in [1.807, 2.05) is 0 Å². The molecule has 70 valence electrons. The van der Waals surface area contributed by atoms with E-state index < -0.39 is 0 Å². The molecule has 0 bridgehead atoms. The lowest BCUT2D eigenvalue weighted by Crippen LogP contribution is -2.42. The molecule has 0 N–H and O–H groups in total. The second-order valence-electron chi connectivity index (χ2n) is 4.36. The molecule has 0 spiro atoms. The van der Waals surface area contributed by atoms with Gasteiger partial charge in [-0.2, -0.15) is 0 Å². The lowest BCUT2D eigenvalue weighted by Gasteiger charge is -2.25. The third kappa shape index (κ3) is 2.37. The van der Waals surface area contributed by atoms with Crippen LogP contribution in [0.4, 0.5) is 4.79 Å². The predicted molar refractivity (Wildman–Crippen MR) is 45.8 cm³/mol. The van der Waals surface area contributed by atoms with Gasteiger partial charge in [0.1, 0.15) is 6.54 Å². The first-order chi connectivity index (χ1) is 5.38. The van der Waals surface area contributed by atoms with Gasteiger partial charge >= 0.3 is 6.09 Å². The molecule has 1 amide bonds. The zero-order valence-corrected chi connectivity index (χ0v) is 8.20. The van der Waals surface area contributed by atoms with Gasteiger partial charge in [-0.3, -0.25) is 0 Å². The van der Waals surface area contributed by atoms with Crippen LogP contribution >= 0.6 is 0 Å². The summed E-state index contributed by atoms with van der Waals surface area (Å²) < 4.78 is 5.95. The van der Waals surface area contributed by atoms with Crippen LogP contribution in [0, 0.1) is 0 Å². The number of carbonyl (C=O) groups is 1. The average Bonchev–Trinajstić information content (AvgIpc) is 2.07. The lowest BCUT2D eigenvalue weighted by atomic mass is 10.3. The van der Waals surface area contributed by atoms with Gasteiger partial charge in [0, 0.05) is 7.05 Å². The van der Waals surface area contributed by atoms with Crippen molar-refractivity contribution in [2.24, 2.45) is 0 Å². The standard InChI is InChI=1S/C8H17N2O2/c1-9-5-7(12-8(9)11)6-10(2,3)4/h7H,5-6H2,1-4H3/q+1/t7-/m0/s1. The Kier molecular flexibility index (Phi) is 2.28. The minimum atomic E-state index is -0.201. The van der Waals surface area contributed by atoms with E-state index >= 15 is 0 Å². The monoisotopic (exact) mass is 173 g/mol. The molecule has 0 aromatic carbocycles. The van der Waals surface area contributed by atoms with Gasteiger partial charge in [-0.15, -0.1) is 0 Å². The maximum Gasteiger partial charge on any atom is 0.410 e. The first-order valence-corrected chi connectivity index (χ1v) is 4.11. The topological polar surface area (TPSA) is 29.5 Å². The summed E-state index contributed by atoms with van der Waals surface area (Å²) in [6.07, 6.45) is -0.143. The summed E-state index contributed by atoms with van der Waals surface area (Å²) in [6, 6.07) is 0. The second kappa shape index (κ2) is 2.94. The highest BCUT2D eigenvalue weighted by molar-refractivity contribution is 5.69. The molecule has 0 aromatic heterocycles. The van der Waals surface area contributed by atoms with E-state index in [0.717, 1.165) is 11.0 Å². The van der Waals surface area contributed by atoms with E-state index in [4.69, 9.17) is 4.74 Å². The Balaban J connectivity index is 2.43. The molecule has 1 fully saturated rings. The van der Waals surface area contributed by atoms with Crippen LogP contribution in [0.5, 0.6) is 0 Å². The highest BCUT2D eigenvalue weighted by atomic mass is 16.6. The smallest absolute Gasteiger partial charge is 0.410 e. The molecule has 4 nitrogen and oxygen atoms in total. The molecule has 0 radical (unpaired) electrons. The Hall–Kier alpha value is -0.770. The molecule has 1 aliphatic heterocycles. The summed E-state index contributed by atoms with van der Waals surface area (Å²) in [5.74, 6) is 0. The molecule has 1 saturated heterocycles. The first-order valence-electron chi connectivity index (χ1n) is 4.11. The van der Waals surface area contributed by atoms with E-state index in [1.54, 1.807) is 11.9 Å². The molecule has 0 aromatic rings. The fraction of sp³-hybridized carbons (Fsp3) is 0.875.